The predicted molar refractivity (Wildman–Crippen MR) is 164 cm³/mol. The third-order valence-corrected chi connectivity index (χ3v) is 8.89. The lowest BCUT2D eigenvalue weighted by molar-refractivity contribution is -0.133. The molecule has 4 rings (SSSR count). The minimum absolute atomic E-state index is 0.191. The molecule has 3 amide bonds. The second-order valence-corrected chi connectivity index (χ2v) is 12.6. The lowest BCUT2D eigenvalue weighted by Gasteiger charge is -2.38. The Balaban J connectivity index is 1.40. The van der Waals surface area contributed by atoms with E-state index in [1.165, 1.54) is 5.56 Å². The van der Waals surface area contributed by atoms with Gasteiger partial charge in [0.2, 0.25) is 17.7 Å². The number of amides is 3. The van der Waals surface area contributed by atoms with Gasteiger partial charge in [-0.3, -0.25) is 19.3 Å². The topological polar surface area (TPSA) is 108 Å². The van der Waals surface area contributed by atoms with Crippen LogP contribution in [0.3, 0.4) is 0 Å². The quantitative estimate of drug-likeness (QED) is 0.388. The van der Waals surface area contributed by atoms with E-state index in [1.54, 1.807) is 18.2 Å². The van der Waals surface area contributed by atoms with Gasteiger partial charge in [0, 0.05) is 36.8 Å². The van der Waals surface area contributed by atoms with Gasteiger partial charge in [0.25, 0.3) is 0 Å². The third-order valence-electron chi connectivity index (χ3n) is 8.47. The van der Waals surface area contributed by atoms with E-state index < -0.39 is 12.1 Å². The first-order valence-electron chi connectivity index (χ1n) is 14.7. The van der Waals surface area contributed by atoms with Crippen LogP contribution >= 0.6 is 11.6 Å². The molecule has 2 heterocycles. The molecule has 4 N–H and O–H groups in total. The van der Waals surface area contributed by atoms with Crippen LogP contribution in [0, 0.1) is 12.3 Å². The predicted octanol–water partition coefficient (Wildman–Crippen LogP) is 4.28. The Morgan fingerprint density at radius 1 is 1.10 bits per heavy atom. The highest BCUT2D eigenvalue weighted by molar-refractivity contribution is 6.31. The van der Waals surface area contributed by atoms with Gasteiger partial charge < -0.3 is 21.3 Å². The first-order valence-corrected chi connectivity index (χ1v) is 15.1. The molecule has 0 aliphatic carbocycles. The Kier molecular flexibility index (Phi) is 10.4. The van der Waals surface area contributed by atoms with Crippen LogP contribution in [0.4, 0.5) is 5.69 Å². The lowest BCUT2D eigenvalue weighted by atomic mass is 9.82. The van der Waals surface area contributed by atoms with Crippen LogP contribution in [-0.2, 0) is 27.3 Å². The molecule has 1 saturated heterocycles. The molecule has 2 aliphatic rings. The smallest absolute Gasteiger partial charge is 0.246 e. The fraction of sp³-hybridized carbons (Fsp3) is 0.531. The van der Waals surface area contributed by atoms with Crippen LogP contribution in [0.1, 0.15) is 62.6 Å². The zero-order valence-electron chi connectivity index (χ0n) is 24.5. The summed E-state index contributed by atoms with van der Waals surface area (Å²) in [6.45, 7) is 9.51. The molecule has 2 aromatic carbocycles. The van der Waals surface area contributed by atoms with Gasteiger partial charge in [-0.25, -0.2) is 0 Å². The van der Waals surface area contributed by atoms with Crippen molar-refractivity contribution in [3.8, 4) is 0 Å². The largest absolute Gasteiger partial charge is 0.343 e. The molecule has 0 saturated carbocycles. The van der Waals surface area contributed by atoms with Crippen molar-refractivity contribution in [1.29, 1.82) is 0 Å². The van der Waals surface area contributed by atoms with Gasteiger partial charge in [-0.2, -0.15) is 0 Å². The molecule has 41 heavy (non-hydrogen) atoms. The molecular weight excluding hydrogens is 538 g/mol. The summed E-state index contributed by atoms with van der Waals surface area (Å²) in [5.41, 5.74) is 9.91. The summed E-state index contributed by atoms with van der Waals surface area (Å²) in [5, 5.41) is 6.49. The number of piperidine rings is 1. The van der Waals surface area contributed by atoms with Gasteiger partial charge in [0.15, 0.2) is 0 Å². The van der Waals surface area contributed by atoms with Crippen LogP contribution in [0.15, 0.2) is 42.5 Å². The zero-order chi connectivity index (χ0) is 29.6. The van der Waals surface area contributed by atoms with Gasteiger partial charge in [-0.05, 0) is 92.4 Å². The SMILES string of the molecule is Cc1cc(NC(=O)[C@H](CCN)NC(=O)[C@@H]2Cc3ccccc3CN2CCCC(=O)N2CCC(C)(C)CC2)ccc1Cl. The number of halogens is 1. The van der Waals surface area contributed by atoms with Crippen molar-refractivity contribution in [2.45, 2.75) is 77.9 Å². The van der Waals surface area contributed by atoms with Gasteiger partial charge in [0.05, 0.1) is 6.04 Å². The van der Waals surface area contributed by atoms with Crippen LogP contribution in [0.25, 0.3) is 0 Å². The number of nitrogens with one attached hydrogen (secondary N) is 2. The van der Waals surface area contributed by atoms with Crippen LogP contribution in [0.5, 0.6) is 0 Å². The molecule has 0 radical (unpaired) electrons. The average molecular weight is 582 g/mol. The molecule has 0 unspecified atom stereocenters. The average Bonchev–Trinajstić information content (AvgIpc) is 2.94. The molecule has 8 nitrogen and oxygen atoms in total. The van der Waals surface area contributed by atoms with Crippen LogP contribution in [-0.4, -0.2) is 65.8 Å². The number of benzene rings is 2. The maximum Gasteiger partial charge on any atom is 0.246 e. The van der Waals surface area contributed by atoms with Crippen molar-refractivity contribution in [3.63, 3.8) is 0 Å². The third kappa shape index (κ3) is 8.31. The summed E-state index contributed by atoms with van der Waals surface area (Å²) < 4.78 is 0. The van der Waals surface area contributed by atoms with E-state index in [2.05, 4.69) is 41.5 Å². The molecule has 1 fully saturated rings. The Hall–Kier alpha value is -2.94. The normalized spacial score (nSPS) is 19.2. The Bertz CT molecular complexity index is 1240. The molecule has 0 spiro atoms. The first kappa shape index (κ1) is 31.0. The summed E-state index contributed by atoms with van der Waals surface area (Å²) in [4.78, 5) is 43.9. The van der Waals surface area contributed by atoms with E-state index in [-0.39, 0.29) is 24.3 Å². The number of carbonyl (C=O) groups excluding carboxylic acids is 3. The number of likely N-dealkylation sites (tertiary alicyclic amines) is 1. The number of hydrogen-bond donors (Lipinski definition) is 3. The van der Waals surface area contributed by atoms with Crippen LogP contribution < -0.4 is 16.4 Å². The number of nitrogens with two attached hydrogens (primary N) is 1. The summed E-state index contributed by atoms with van der Waals surface area (Å²) in [6.07, 6.45) is 4.05. The highest BCUT2D eigenvalue weighted by atomic mass is 35.5. The Morgan fingerprint density at radius 2 is 1.80 bits per heavy atom. The molecule has 9 heteroatoms. The molecule has 2 atom stereocenters. The number of carbonyl (C=O) groups is 3. The fourth-order valence-electron chi connectivity index (χ4n) is 5.68. The van der Waals surface area contributed by atoms with E-state index in [1.807, 2.05) is 24.0 Å². The molecule has 222 valence electrons. The van der Waals surface area contributed by atoms with Gasteiger partial charge in [-0.15, -0.1) is 0 Å². The summed E-state index contributed by atoms with van der Waals surface area (Å²) in [6, 6.07) is 12.2. The van der Waals surface area contributed by atoms with Crippen molar-refractivity contribution >= 4 is 35.0 Å². The van der Waals surface area contributed by atoms with E-state index >= 15 is 0 Å². The molecule has 0 bridgehead atoms. The molecule has 2 aromatic rings. The minimum Gasteiger partial charge on any atom is -0.343 e. The van der Waals surface area contributed by atoms with Gasteiger partial charge in [0.1, 0.15) is 6.04 Å². The number of hydrogen-bond acceptors (Lipinski definition) is 5. The van der Waals surface area contributed by atoms with E-state index in [9.17, 15) is 14.4 Å². The van der Waals surface area contributed by atoms with E-state index in [0.29, 0.717) is 54.9 Å². The lowest BCUT2D eigenvalue weighted by Crippen LogP contribution is -2.55. The van der Waals surface area contributed by atoms with Crippen molar-refractivity contribution < 1.29 is 14.4 Å². The standard InChI is InChI=1S/C32H44ClN5O3/c1-22-19-25(10-11-26(22)33)35-30(40)27(12-15-34)36-31(41)28-20-23-7-4-5-8-24(23)21-38(28)16-6-9-29(39)37-17-13-32(2,3)14-18-37/h4-5,7-8,10-11,19,27-28H,6,9,12-18,20-21,34H2,1-3H3,(H,35,40)(H,36,41)/t27-,28-/m0/s1. The minimum atomic E-state index is -0.771. The Labute approximate surface area is 249 Å². The number of aryl methyl sites for hydroxylation is 1. The molecular formula is C32H44ClN5O3. The van der Waals surface area contributed by atoms with E-state index in [0.717, 1.165) is 37.1 Å². The van der Waals surface area contributed by atoms with E-state index in [4.69, 9.17) is 17.3 Å². The van der Waals surface area contributed by atoms with Crippen molar-refractivity contribution in [3.05, 3.63) is 64.2 Å². The summed E-state index contributed by atoms with van der Waals surface area (Å²) >= 11 is 6.13. The maximum absolute atomic E-state index is 13.7. The van der Waals surface area contributed by atoms with Gasteiger partial charge in [-0.1, -0.05) is 49.7 Å². The molecule has 0 aromatic heterocycles. The maximum atomic E-state index is 13.7. The van der Waals surface area contributed by atoms with Crippen LogP contribution in [0.2, 0.25) is 5.02 Å². The Morgan fingerprint density at radius 3 is 2.49 bits per heavy atom. The van der Waals surface area contributed by atoms with Gasteiger partial charge >= 0.3 is 0 Å². The molecule has 2 aliphatic heterocycles. The fourth-order valence-corrected chi connectivity index (χ4v) is 5.80. The first-order chi connectivity index (χ1) is 19.6. The second kappa shape index (κ2) is 13.8. The highest BCUT2D eigenvalue weighted by Gasteiger charge is 2.34. The van der Waals surface area contributed by atoms with Crippen molar-refractivity contribution in [1.82, 2.24) is 15.1 Å². The number of rotatable bonds is 10. The van der Waals surface area contributed by atoms with Crippen molar-refractivity contribution in [2.75, 3.05) is 31.5 Å². The summed E-state index contributed by atoms with van der Waals surface area (Å²) in [7, 11) is 0. The van der Waals surface area contributed by atoms with Crippen molar-refractivity contribution in [2.24, 2.45) is 11.1 Å². The number of nitrogens with zero attached hydrogens (tertiary/aromatic N) is 2. The summed E-state index contributed by atoms with van der Waals surface area (Å²) in [5.74, 6) is -0.329. The second-order valence-electron chi connectivity index (χ2n) is 12.2. The monoisotopic (exact) mass is 581 g/mol. The zero-order valence-corrected chi connectivity index (χ0v) is 25.3. The highest BCUT2D eigenvalue weighted by Crippen LogP contribution is 2.30. The number of anilines is 1. The number of fused-ring (bicyclic) bond motifs is 1.